The van der Waals surface area contributed by atoms with E-state index in [1.54, 1.807) is 10.9 Å². The Morgan fingerprint density at radius 1 is 1.36 bits per heavy atom. The van der Waals surface area contributed by atoms with Crippen LogP contribution < -0.4 is 4.72 Å². The van der Waals surface area contributed by atoms with Crippen LogP contribution in [0, 0.1) is 18.7 Å². The Balaban J connectivity index is 2.22. The lowest BCUT2D eigenvalue weighted by atomic mass is 10.1. The fourth-order valence-electron chi connectivity index (χ4n) is 1.97. The van der Waals surface area contributed by atoms with Crippen molar-refractivity contribution in [1.82, 2.24) is 19.7 Å². The number of aromatic nitrogens is 3. The lowest BCUT2D eigenvalue weighted by molar-refractivity contribution is 0.378. The molecule has 6 nitrogen and oxygen atoms in total. The van der Waals surface area contributed by atoms with Gasteiger partial charge in [0.25, 0.3) is 0 Å². The SMILES string of the molecule is Cc1cc(S(=O)(=O)N[C@@H](Cn2ccnn2)C(C)C)ccc1F. The number of rotatable bonds is 6. The quantitative estimate of drug-likeness (QED) is 0.877. The van der Waals surface area contributed by atoms with Crippen LogP contribution in [0.3, 0.4) is 0 Å². The van der Waals surface area contributed by atoms with Crippen molar-refractivity contribution in [2.24, 2.45) is 5.92 Å². The Bertz CT molecular complexity index is 729. The normalized spacial score (nSPS) is 13.5. The summed E-state index contributed by atoms with van der Waals surface area (Å²) in [5.74, 6) is -0.373. The van der Waals surface area contributed by atoms with Gasteiger partial charge in [-0.25, -0.2) is 17.5 Å². The zero-order valence-corrected chi connectivity index (χ0v) is 13.5. The van der Waals surface area contributed by atoms with E-state index >= 15 is 0 Å². The average Bonchev–Trinajstić information content (AvgIpc) is 2.93. The minimum Gasteiger partial charge on any atom is -0.251 e. The summed E-state index contributed by atoms with van der Waals surface area (Å²) in [6, 6.07) is 3.39. The van der Waals surface area contributed by atoms with Crippen LogP contribution >= 0.6 is 0 Å². The Labute approximate surface area is 129 Å². The zero-order valence-electron chi connectivity index (χ0n) is 12.7. The third-order valence-electron chi connectivity index (χ3n) is 3.41. The van der Waals surface area contributed by atoms with E-state index in [4.69, 9.17) is 0 Å². The van der Waals surface area contributed by atoms with Gasteiger partial charge in [0.15, 0.2) is 0 Å². The van der Waals surface area contributed by atoms with Gasteiger partial charge >= 0.3 is 0 Å². The van der Waals surface area contributed by atoms with Crippen molar-refractivity contribution in [3.8, 4) is 0 Å². The van der Waals surface area contributed by atoms with Crippen LogP contribution in [-0.2, 0) is 16.6 Å². The highest BCUT2D eigenvalue weighted by atomic mass is 32.2. The summed E-state index contributed by atoms with van der Waals surface area (Å²) in [5.41, 5.74) is 0.292. The molecule has 0 aliphatic carbocycles. The Morgan fingerprint density at radius 2 is 2.09 bits per heavy atom. The summed E-state index contributed by atoms with van der Waals surface area (Å²) in [7, 11) is -3.73. The second-order valence-corrected chi connectivity index (χ2v) is 7.22. The Hall–Kier alpha value is -1.80. The number of sulfonamides is 1. The van der Waals surface area contributed by atoms with E-state index in [0.717, 1.165) is 6.07 Å². The van der Waals surface area contributed by atoms with Crippen LogP contribution in [-0.4, -0.2) is 29.5 Å². The van der Waals surface area contributed by atoms with E-state index in [0.29, 0.717) is 12.1 Å². The number of hydrogen-bond acceptors (Lipinski definition) is 4. The fourth-order valence-corrected chi connectivity index (χ4v) is 3.43. The molecule has 0 fully saturated rings. The molecule has 1 atom stereocenters. The lowest BCUT2D eigenvalue weighted by Gasteiger charge is -2.22. The molecule has 1 N–H and O–H groups in total. The van der Waals surface area contributed by atoms with E-state index in [1.807, 2.05) is 13.8 Å². The van der Waals surface area contributed by atoms with Gasteiger partial charge < -0.3 is 0 Å². The van der Waals surface area contributed by atoms with E-state index in [1.165, 1.54) is 25.3 Å². The maximum Gasteiger partial charge on any atom is 0.240 e. The maximum atomic E-state index is 13.3. The summed E-state index contributed by atoms with van der Waals surface area (Å²) in [6.07, 6.45) is 3.21. The molecule has 1 aromatic heterocycles. The molecule has 0 saturated carbocycles. The minimum absolute atomic E-state index is 0.0515. The molecule has 0 radical (unpaired) electrons. The largest absolute Gasteiger partial charge is 0.251 e. The first-order valence-corrected chi connectivity index (χ1v) is 8.40. The van der Waals surface area contributed by atoms with Crippen LogP contribution in [0.1, 0.15) is 19.4 Å². The number of benzene rings is 1. The van der Waals surface area contributed by atoms with Crippen molar-refractivity contribution in [2.75, 3.05) is 0 Å². The third kappa shape index (κ3) is 3.89. The van der Waals surface area contributed by atoms with Crippen molar-refractivity contribution < 1.29 is 12.8 Å². The van der Waals surface area contributed by atoms with Crippen LogP contribution in [0.15, 0.2) is 35.5 Å². The van der Waals surface area contributed by atoms with E-state index in [9.17, 15) is 12.8 Å². The molecule has 0 amide bonds. The summed E-state index contributed by atoms with van der Waals surface area (Å²) >= 11 is 0. The summed E-state index contributed by atoms with van der Waals surface area (Å²) in [4.78, 5) is 0.0515. The molecule has 0 saturated heterocycles. The van der Waals surface area contributed by atoms with Gasteiger partial charge in [-0.2, -0.15) is 0 Å². The van der Waals surface area contributed by atoms with E-state index in [-0.39, 0.29) is 16.9 Å². The maximum absolute atomic E-state index is 13.3. The molecular weight excluding hydrogens is 307 g/mol. The first-order valence-electron chi connectivity index (χ1n) is 6.92. The molecule has 1 aromatic carbocycles. The van der Waals surface area contributed by atoms with E-state index in [2.05, 4.69) is 15.0 Å². The highest BCUT2D eigenvalue weighted by Gasteiger charge is 2.23. The Kier molecular flexibility index (Phi) is 4.92. The van der Waals surface area contributed by atoms with Crippen LogP contribution in [0.4, 0.5) is 4.39 Å². The molecular formula is C14H19FN4O2S. The lowest BCUT2D eigenvalue weighted by Crippen LogP contribution is -2.41. The number of halogens is 1. The molecule has 0 bridgehead atoms. The average molecular weight is 326 g/mol. The first-order chi connectivity index (χ1) is 10.3. The first kappa shape index (κ1) is 16.6. The van der Waals surface area contributed by atoms with Crippen molar-refractivity contribution >= 4 is 10.0 Å². The predicted molar refractivity (Wildman–Crippen MR) is 80.1 cm³/mol. The minimum atomic E-state index is -3.73. The van der Waals surface area contributed by atoms with Gasteiger partial charge in [-0.3, -0.25) is 4.68 Å². The van der Waals surface area contributed by atoms with Gasteiger partial charge in [0, 0.05) is 12.2 Å². The van der Waals surface area contributed by atoms with Gasteiger partial charge in [0.1, 0.15) is 5.82 Å². The summed E-state index contributed by atoms with van der Waals surface area (Å²) in [6.45, 7) is 5.74. The van der Waals surface area contributed by atoms with Crippen LogP contribution in [0.5, 0.6) is 0 Å². The number of aryl methyl sites for hydroxylation is 1. The van der Waals surface area contributed by atoms with Gasteiger partial charge in [0.2, 0.25) is 10.0 Å². The predicted octanol–water partition coefficient (Wildman–Crippen LogP) is 1.73. The Morgan fingerprint density at radius 3 is 2.64 bits per heavy atom. The number of nitrogens with one attached hydrogen (secondary N) is 1. The summed E-state index contributed by atoms with van der Waals surface area (Å²) < 4.78 is 42.4. The molecule has 1 heterocycles. The third-order valence-corrected chi connectivity index (χ3v) is 4.89. The van der Waals surface area contributed by atoms with Gasteiger partial charge in [-0.1, -0.05) is 19.1 Å². The van der Waals surface area contributed by atoms with Gasteiger partial charge in [0.05, 0.1) is 17.6 Å². The second kappa shape index (κ2) is 6.53. The molecule has 0 spiro atoms. The van der Waals surface area contributed by atoms with Crippen molar-refractivity contribution in [1.29, 1.82) is 0 Å². The summed E-state index contributed by atoms with van der Waals surface area (Å²) in [5, 5.41) is 7.55. The molecule has 2 aromatic rings. The smallest absolute Gasteiger partial charge is 0.240 e. The highest BCUT2D eigenvalue weighted by Crippen LogP contribution is 2.16. The van der Waals surface area contributed by atoms with Crippen molar-refractivity contribution in [3.05, 3.63) is 42.0 Å². The van der Waals surface area contributed by atoms with Crippen LogP contribution in [0.2, 0.25) is 0 Å². The molecule has 0 aliphatic rings. The van der Waals surface area contributed by atoms with Gasteiger partial charge in [-0.15, -0.1) is 5.10 Å². The standard InChI is InChI=1S/C14H19FN4O2S/c1-10(2)14(9-19-7-6-16-18-19)17-22(20,21)12-4-5-13(15)11(3)8-12/h4-8,10,14,17H,9H2,1-3H3/t14-/m0/s1. The molecule has 2 rings (SSSR count). The van der Waals surface area contributed by atoms with Crippen molar-refractivity contribution in [2.45, 2.75) is 38.3 Å². The molecule has 120 valence electrons. The fraction of sp³-hybridized carbons (Fsp3) is 0.429. The monoisotopic (exact) mass is 326 g/mol. The van der Waals surface area contributed by atoms with Crippen molar-refractivity contribution in [3.63, 3.8) is 0 Å². The second-order valence-electron chi connectivity index (χ2n) is 5.51. The molecule has 22 heavy (non-hydrogen) atoms. The zero-order chi connectivity index (χ0) is 16.3. The highest BCUT2D eigenvalue weighted by molar-refractivity contribution is 7.89. The number of hydrogen-bond donors (Lipinski definition) is 1. The van der Waals surface area contributed by atoms with Crippen LogP contribution in [0.25, 0.3) is 0 Å². The topological polar surface area (TPSA) is 76.9 Å². The van der Waals surface area contributed by atoms with E-state index < -0.39 is 15.8 Å². The number of nitrogens with zero attached hydrogens (tertiary/aromatic N) is 3. The van der Waals surface area contributed by atoms with Gasteiger partial charge in [-0.05, 0) is 36.6 Å². The molecule has 0 aliphatic heterocycles. The molecule has 0 unspecified atom stereocenters. The molecule has 8 heteroatoms.